The molecule has 0 aliphatic carbocycles. The third-order valence-electron chi connectivity index (χ3n) is 3.72. The van der Waals surface area contributed by atoms with E-state index in [0.29, 0.717) is 5.56 Å². The fourth-order valence-electron chi connectivity index (χ4n) is 2.31. The number of esters is 1. The van der Waals surface area contributed by atoms with Gasteiger partial charge in [-0.25, -0.2) is 4.79 Å². The van der Waals surface area contributed by atoms with Crippen LogP contribution in [0.25, 0.3) is 11.1 Å². The van der Waals surface area contributed by atoms with Crippen LogP contribution in [0.15, 0.2) is 54.6 Å². The van der Waals surface area contributed by atoms with Gasteiger partial charge >= 0.3 is 11.9 Å². The number of hydrogen-bond acceptors (Lipinski definition) is 4. The third kappa shape index (κ3) is 5.17. The van der Waals surface area contributed by atoms with Crippen molar-refractivity contribution in [1.82, 2.24) is 5.32 Å². The summed E-state index contributed by atoms with van der Waals surface area (Å²) in [7, 11) is 1.23. The molecule has 0 heterocycles. The lowest BCUT2D eigenvalue weighted by atomic mass is 10.0. The minimum Gasteiger partial charge on any atom is -0.480 e. The van der Waals surface area contributed by atoms with E-state index in [1.54, 1.807) is 24.3 Å². The van der Waals surface area contributed by atoms with Crippen LogP contribution in [0.5, 0.6) is 0 Å². The maximum absolute atomic E-state index is 12.2. The van der Waals surface area contributed by atoms with Gasteiger partial charge in [-0.2, -0.15) is 0 Å². The average Bonchev–Trinajstić information content (AvgIpc) is 2.65. The first kappa shape index (κ1) is 18.2. The van der Waals surface area contributed by atoms with E-state index in [2.05, 4.69) is 10.1 Å². The lowest BCUT2D eigenvalue weighted by molar-refractivity contribution is -0.142. The number of ether oxygens (including phenoxy) is 1. The van der Waals surface area contributed by atoms with Gasteiger partial charge in [0.05, 0.1) is 7.11 Å². The van der Waals surface area contributed by atoms with E-state index in [4.69, 9.17) is 0 Å². The van der Waals surface area contributed by atoms with Crippen LogP contribution in [0.1, 0.15) is 23.2 Å². The Morgan fingerprint density at radius 1 is 1.00 bits per heavy atom. The van der Waals surface area contributed by atoms with Crippen LogP contribution in [0, 0.1) is 0 Å². The van der Waals surface area contributed by atoms with E-state index in [9.17, 15) is 19.5 Å². The highest BCUT2D eigenvalue weighted by molar-refractivity contribution is 5.97. The Hall–Kier alpha value is -3.15. The topological polar surface area (TPSA) is 92.7 Å². The zero-order valence-electron chi connectivity index (χ0n) is 13.8. The molecule has 2 N–H and O–H groups in total. The van der Waals surface area contributed by atoms with E-state index < -0.39 is 23.9 Å². The molecule has 0 bridgehead atoms. The molecule has 2 aromatic rings. The molecule has 0 fully saturated rings. The number of aliphatic carboxylic acids is 1. The molecule has 6 heteroatoms. The monoisotopic (exact) mass is 341 g/mol. The van der Waals surface area contributed by atoms with Crippen LogP contribution in [-0.4, -0.2) is 36.1 Å². The fourth-order valence-corrected chi connectivity index (χ4v) is 2.31. The first-order valence-electron chi connectivity index (χ1n) is 7.77. The predicted octanol–water partition coefficient (Wildman–Crippen LogP) is 2.49. The summed E-state index contributed by atoms with van der Waals surface area (Å²) in [5, 5.41) is 11.6. The maximum atomic E-state index is 12.2. The minimum atomic E-state index is -1.20. The molecule has 0 saturated heterocycles. The molecule has 1 atom stereocenters. The summed E-state index contributed by atoms with van der Waals surface area (Å²) in [6.45, 7) is 0. The van der Waals surface area contributed by atoms with Gasteiger partial charge < -0.3 is 15.2 Å². The highest BCUT2D eigenvalue weighted by Gasteiger charge is 2.21. The summed E-state index contributed by atoms with van der Waals surface area (Å²) < 4.78 is 4.48. The minimum absolute atomic E-state index is 0.0319. The van der Waals surface area contributed by atoms with Crippen molar-refractivity contribution in [3.05, 3.63) is 60.2 Å². The highest BCUT2D eigenvalue weighted by atomic mass is 16.5. The van der Waals surface area contributed by atoms with Gasteiger partial charge in [0.1, 0.15) is 6.04 Å². The predicted molar refractivity (Wildman–Crippen MR) is 92.0 cm³/mol. The highest BCUT2D eigenvalue weighted by Crippen LogP contribution is 2.19. The van der Waals surface area contributed by atoms with E-state index in [0.717, 1.165) is 11.1 Å². The number of carboxylic acid groups (broad SMARTS) is 1. The van der Waals surface area contributed by atoms with Crippen molar-refractivity contribution in [2.24, 2.45) is 0 Å². The van der Waals surface area contributed by atoms with Gasteiger partial charge in [0.2, 0.25) is 0 Å². The molecule has 0 aromatic heterocycles. The van der Waals surface area contributed by atoms with Gasteiger partial charge in [-0.1, -0.05) is 42.5 Å². The second kappa shape index (κ2) is 8.63. The van der Waals surface area contributed by atoms with Crippen LogP contribution < -0.4 is 5.32 Å². The molecular formula is C19H19NO5. The number of methoxy groups -OCH3 is 1. The maximum Gasteiger partial charge on any atom is 0.326 e. The molecule has 2 aromatic carbocycles. The normalized spacial score (nSPS) is 11.4. The van der Waals surface area contributed by atoms with Gasteiger partial charge in [0.15, 0.2) is 0 Å². The number of carboxylic acids is 1. The Morgan fingerprint density at radius 2 is 1.60 bits per heavy atom. The van der Waals surface area contributed by atoms with Crippen LogP contribution in [-0.2, 0) is 14.3 Å². The smallest absolute Gasteiger partial charge is 0.326 e. The van der Waals surface area contributed by atoms with Gasteiger partial charge in [-0.3, -0.25) is 9.59 Å². The van der Waals surface area contributed by atoms with Crippen molar-refractivity contribution < 1.29 is 24.2 Å². The molecule has 1 amide bonds. The molecule has 0 unspecified atom stereocenters. The number of amides is 1. The van der Waals surface area contributed by atoms with Crippen LogP contribution >= 0.6 is 0 Å². The molecule has 6 nitrogen and oxygen atoms in total. The quantitative estimate of drug-likeness (QED) is 0.755. The standard InChI is InChI=1S/C19H19NO5/c1-25-17(21)12-11-16(19(23)24)20-18(22)15-9-7-14(8-10-15)13-5-3-2-4-6-13/h2-10,16H,11-12H2,1H3,(H,20,22)(H,23,24)/t16-/m1/s1. The Morgan fingerprint density at radius 3 is 2.16 bits per heavy atom. The Balaban J connectivity index is 2.03. The first-order valence-corrected chi connectivity index (χ1v) is 7.77. The molecule has 0 radical (unpaired) electrons. The summed E-state index contributed by atoms with van der Waals surface area (Å²) in [6, 6.07) is 15.4. The van der Waals surface area contributed by atoms with E-state index in [1.165, 1.54) is 7.11 Å². The van der Waals surface area contributed by atoms with Crippen LogP contribution in [0.3, 0.4) is 0 Å². The second-order valence-corrected chi connectivity index (χ2v) is 5.42. The van der Waals surface area contributed by atoms with Crippen molar-refractivity contribution in [2.45, 2.75) is 18.9 Å². The zero-order chi connectivity index (χ0) is 18.2. The number of nitrogens with one attached hydrogen (secondary N) is 1. The van der Waals surface area contributed by atoms with E-state index in [1.807, 2.05) is 30.3 Å². The summed E-state index contributed by atoms with van der Waals surface area (Å²) in [6.07, 6.45) is -0.115. The largest absolute Gasteiger partial charge is 0.480 e. The van der Waals surface area contributed by atoms with E-state index >= 15 is 0 Å². The number of benzene rings is 2. The molecule has 0 aliphatic heterocycles. The molecule has 0 aliphatic rings. The van der Waals surface area contributed by atoms with Gasteiger partial charge in [0, 0.05) is 12.0 Å². The first-order chi connectivity index (χ1) is 12.0. The van der Waals surface area contributed by atoms with Crippen molar-refractivity contribution in [3.63, 3.8) is 0 Å². The average molecular weight is 341 g/mol. The second-order valence-electron chi connectivity index (χ2n) is 5.42. The summed E-state index contributed by atoms with van der Waals surface area (Å²) in [4.78, 5) is 34.6. The van der Waals surface area contributed by atoms with Crippen molar-refractivity contribution in [2.75, 3.05) is 7.11 Å². The molecule has 2 rings (SSSR count). The van der Waals surface area contributed by atoms with E-state index in [-0.39, 0.29) is 12.8 Å². The zero-order valence-corrected chi connectivity index (χ0v) is 13.8. The Labute approximate surface area is 145 Å². The lowest BCUT2D eigenvalue weighted by Gasteiger charge is -2.14. The summed E-state index contributed by atoms with van der Waals surface area (Å²) in [5.41, 5.74) is 2.33. The van der Waals surface area contributed by atoms with Gasteiger partial charge in [-0.05, 0) is 29.7 Å². The number of hydrogen-bond donors (Lipinski definition) is 2. The van der Waals surface area contributed by atoms with Crippen LogP contribution in [0.2, 0.25) is 0 Å². The lowest BCUT2D eigenvalue weighted by Crippen LogP contribution is -2.41. The van der Waals surface area contributed by atoms with Crippen molar-refractivity contribution in [1.29, 1.82) is 0 Å². The molecular weight excluding hydrogens is 322 g/mol. The van der Waals surface area contributed by atoms with Crippen molar-refractivity contribution >= 4 is 17.8 Å². The van der Waals surface area contributed by atoms with Crippen molar-refractivity contribution in [3.8, 4) is 11.1 Å². The van der Waals surface area contributed by atoms with Crippen LogP contribution in [0.4, 0.5) is 0 Å². The molecule has 25 heavy (non-hydrogen) atoms. The number of rotatable bonds is 7. The van der Waals surface area contributed by atoms with Gasteiger partial charge in [-0.15, -0.1) is 0 Å². The Bertz CT molecular complexity index is 740. The number of carbonyl (C=O) groups is 3. The molecule has 130 valence electrons. The molecule has 0 spiro atoms. The third-order valence-corrected chi connectivity index (χ3v) is 3.72. The summed E-state index contributed by atoms with van der Waals surface area (Å²) >= 11 is 0. The summed E-state index contributed by atoms with van der Waals surface area (Å²) in [5.74, 6) is -2.22. The van der Waals surface area contributed by atoms with Gasteiger partial charge in [0.25, 0.3) is 5.91 Å². The molecule has 0 saturated carbocycles. The Kier molecular flexibility index (Phi) is 6.28. The SMILES string of the molecule is COC(=O)CC[C@@H](NC(=O)c1ccc(-c2ccccc2)cc1)C(=O)O. The fraction of sp³-hybridized carbons (Fsp3) is 0.211. The number of carbonyl (C=O) groups excluding carboxylic acids is 2.